The van der Waals surface area contributed by atoms with Crippen molar-refractivity contribution in [2.45, 2.75) is 45.2 Å². The molecule has 2 nitrogen and oxygen atoms in total. The minimum atomic E-state index is 0.357. The van der Waals surface area contributed by atoms with Crippen LogP contribution in [0.25, 0.3) is 0 Å². The highest BCUT2D eigenvalue weighted by Gasteiger charge is 2.24. The van der Waals surface area contributed by atoms with Crippen LogP contribution in [0.4, 0.5) is 0 Å². The SMILES string of the molecule is Cc1ccsc1C(CN)NC1CCC(C)C1. The Labute approximate surface area is 102 Å². The molecule has 0 aromatic carbocycles. The first-order valence-corrected chi connectivity index (χ1v) is 7.08. The third kappa shape index (κ3) is 2.65. The first-order chi connectivity index (χ1) is 7.70. The van der Waals surface area contributed by atoms with Gasteiger partial charge in [-0.1, -0.05) is 6.92 Å². The molecule has 0 spiro atoms. The van der Waals surface area contributed by atoms with Crippen LogP contribution in [0.3, 0.4) is 0 Å². The highest BCUT2D eigenvalue weighted by molar-refractivity contribution is 7.10. The molecule has 3 N–H and O–H groups in total. The molecule has 3 heteroatoms. The second-order valence-electron chi connectivity index (χ2n) is 5.04. The molecule has 0 radical (unpaired) electrons. The van der Waals surface area contributed by atoms with E-state index in [2.05, 4.69) is 30.6 Å². The van der Waals surface area contributed by atoms with E-state index in [1.54, 1.807) is 0 Å². The lowest BCUT2D eigenvalue weighted by molar-refractivity contribution is 0.437. The van der Waals surface area contributed by atoms with Gasteiger partial charge in [-0.15, -0.1) is 11.3 Å². The van der Waals surface area contributed by atoms with E-state index in [0.29, 0.717) is 18.6 Å². The minimum absolute atomic E-state index is 0.357. The van der Waals surface area contributed by atoms with Crippen LogP contribution < -0.4 is 11.1 Å². The molecule has 2 rings (SSSR count). The van der Waals surface area contributed by atoms with Crippen LogP contribution in [0.2, 0.25) is 0 Å². The summed E-state index contributed by atoms with van der Waals surface area (Å²) in [4.78, 5) is 1.42. The molecular formula is C13H22N2S. The summed E-state index contributed by atoms with van der Waals surface area (Å²) < 4.78 is 0. The fourth-order valence-corrected chi connectivity index (χ4v) is 3.64. The lowest BCUT2D eigenvalue weighted by atomic mass is 10.1. The number of hydrogen-bond acceptors (Lipinski definition) is 3. The van der Waals surface area contributed by atoms with Crippen molar-refractivity contribution in [3.63, 3.8) is 0 Å². The van der Waals surface area contributed by atoms with Crippen LogP contribution in [0.5, 0.6) is 0 Å². The molecule has 0 bridgehead atoms. The Balaban J connectivity index is 1.98. The van der Waals surface area contributed by atoms with E-state index in [0.717, 1.165) is 5.92 Å². The average Bonchev–Trinajstić information content (AvgIpc) is 2.84. The molecule has 1 aromatic rings. The molecule has 0 amide bonds. The van der Waals surface area contributed by atoms with E-state index in [1.165, 1.54) is 29.7 Å². The third-order valence-corrected chi connectivity index (χ3v) is 4.72. The summed E-state index contributed by atoms with van der Waals surface area (Å²) >= 11 is 1.82. The topological polar surface area (TPSA) is 38.0 Å². The van der Waals surface area contributed by atoms with Crippen LogP contribution in [0.15, 0.2) is 11.4 Å². The zero-order chi connectivity index (χ0) is 11.5. The predicted molar refractivity (Wildman–Crippen MR) is 70.8 cm³/mol. The fraction of sp³-hybridized carbons (Fsp3) is 0.692. The summed E-state index contributed by atoms with van der Waals surface area (Å²) in [7, 11) is 0. The highest BCUT2D eigenvalue weighted by atomic mass is 32.1. The summed E-state index contributed by atoms with van der Waals surface area (Å²) in [6.45, 7) is 5.22. The molecule has 1 aromatic heterocycles. The lowest BCUT2D eigenvalue weighted by Gasteiger charge is -2.21. The van der Waals surface area contributed by atoms with Crippen molar-refractivity contribution in [3.8, 4) is 0 Å². The predicted octanol–water partition coefficient (Wildman–Crippen LogP) is 2.83. The first-order valence-electron chi connectivity index (χ1n) is 6.20. The van der Waals surface area contributed by atoms with Gasteiger partial charge in [0.05, 0.1) is 6.04 Å². The van der Waals surface area contributed by atoms with E-state index in [9.17, 15) is 0 Å². The summed E-state index contributed by atoms with van der Waals surface area (Å²) in [6, 6.07) is 3.21. The van der Waals surface area contributed by atoms with Gasteiger partial charge in [-0.2, -0.15) is 0 Å². The molecule has 1 heterocycles. The zero-order valence-corrected chi connectivity index (χ0v) is 11.0. The maximum absolute atomic E-state index is 5.89. The van der Waals surface area contributed by atoms with Gasteiger partial charge in [-0.3, -0.25) is 0 Å². The van der Waals surface area contributed by atoms with Crippen molar-refractivity contribution in [1.82, 2.24) is 5.32 Å². The molecule has 1 aliphatic carbocycles. The maximum atomic E-state index is 5.89. The number of thiophene rings is 1. The van der Waals surface area contributed by atoms with E-state index in [4.69, 9.17) is 5.73 Å². The van der Waals surface area contributed by atoms with Gasteiger partial charge < -0.3 is 11.1 Å². The Morgan fingerprint density at radius 2 is 2.38 bits per heavy atom. The largest absolute Gasteiger partial charge is 0.329 e. The monoisotopic (exact) mass is 238 g/mol. The number of hydrogen-bond donors (Lipinski definition) is 2. The Bertz CT molecular complexity index is 334. The highest BCUT2D eigenvalue weighted by Crippen LogP contribution is 2.29. The van der Waals surface area contributed by atoms with Gasteiger partial charge in [0.15, 0.2) is 0 Å². The molecule has 3 atom stereocenters. The molecule has 1 aliphatic rings. The van der Waals surface area contributed by atoms with Crippen LogP contribution in [0, 0.1) is 12.8 Å². The number of rotatable bonds is 4. The second kappa shape index (κ2) is 5.30. The van der Waals surface area contributed by atoms with Gasteiger partial charge in [0.2, 0.25) is 0 Å². The summed E-state index contributed by atoms with van der Waals surface area (Å²) in [5.41, 5.74) is 7.26. The molecular weight excluding hydrogens is 216 g/mol. The van der Waals surface area contributed by atoms with Crippen molar-refractivity contribution >= 4 is 11.3 Å². The van der Waals surface area contributed by atoms with E-state index >= 15 is 0 Å². The van der Waals surface area contributed by atoms with Crippen molar-refractivity contribution < 1.29 is 0 Å². The molecule has 90 valence electrons. The first kappa shape index (κ1) is 12.1. The average molecular weight is 238 g/mol. The van der Waals surface area contributed by atoms with E-state index in [1.807, 2.05) is 11.3 Å². The van der Waals surface area contributed by atoms with Gasteiger partial charge in [-0.25, -0.2) is 0 Å². The van der Waals surface area contributed by atoms with Crippen molar-refractivity contribution in [2.75, 3.05) is 6.54 Å². The fourth-order valence-electron chi connectivity index (χ4n) is 2.64. The van der Waals surface area contributed by atoms with E-state index < -0.39 is 0 Å². The standard InChI is InChI=1S/C13H22N2S/c1-9-3-4-11(7-9)15-12(8-14)13-10(2)5-6-16-13/h5-6,9,11-12,15H,3-4,7-8,14H2,1-2H3. The van der Waals surface area contributed by atoms with Gasteiger partial charge in [-0.05, 0) is 49.1 Å². The molecule has 16 heavy (non-hydrogen) atoms. The van der Waals surface area contributed by atoms with Crippen molar-refractivity contribution in [3.05, 3.63) is 21.9 Å². The third-order valence-electron chi connectivity index (χ3n) is 3.59. The Hall–Kier alpha value is -0.380. The van der Waals surface area contributed by atoms with Crippen LogP contribution in [-0.4, -0.2) is 12.6 Å². The molecule has 1 saturated carbocycles. The lowest BCUT2D eigenvalue weighted by Crippen LogP contribution is -2.35. The van der Waals surface area contributed by atoms with Gasteiger partial charge in [0.25, 0.3) is 0 Å². The number of nitrogens with two attached hydrogens (primary N) is 1. The zero-order valence-electron chi connectivity index (χ0n) is 10.2. The molecule has 3 unspecified atom stereocenters. The van der Waals surface area contributed by atoms with Gasteiger partial charge in [0.1, 0.15) is 0 Å². The smallest absolute Gasteiger partial charge is 0.0544 e. The van der Waals surface area contributed by atoms with Crippen molar-refractivity contribution in [2.24, 2.45) is 11.7 Å². The maximum Gasteiger partial charge on any atom is 0.0544 e. The van der Waals surface area contributed by atoms with E-state index in [-0.39, 0.29) is 0 Å². The summed E-state index contributed by atoms with van der Waals surface area (Å²) in [6.07, 6.45) is 3.97. The van der Waals surface area contributed by atoms with Gasteiger partial charge in [0, 0.05) is 17.5 Å². The number of nitrogens with one attached hydrogen (secondary N) is 1. The Kier molecular flexibility index (Phi) is 4.00. The summed E-state index contributed by atoms with van der Waals surface area (Å²) in [5, 5.41) is 5.88. The molecule has 1 fully saturated rings. The summed E-state index contributed by atoms with van der Waals surface area (Å²) in [5.74, 6) is 0.875. The van der Waals surface area contributed by atoms with Crippen LogP contribution >= 0.6 is 11.3 Å². The van der Waals surface area contributed by atoms with Crippen LogP contribution in [0.1, 0.15) is 42.7 Å². The minimum Gasteiger partial charge on any atom is -0.329 e. The molecule has 0 saturated heterocycles. The van der Waals surface area contributed by atoms with Crippen LogP contribution in [-0.2, 0) is 0 Å². The second-order valence-corrected chi connectivity index (χ2v) is 5.99. The van der Waals surface area contributed by atoms with Gasteiger partial charge >= 0.3 is 0 Å². The normalized spacial score (nSPS) is 27.2. The Morgan fingerprint density at radius 3 is 2.88 bits per heavy atom. The molecule has 0 aliphatic heterocycles. The quantitative estimate of drug-likeness (QED) is 0.846. The Morgan fingerprint density at radius 1 is 1.56 bits per heavy atom. The number of aryl methyl sites for hydroxylation is 1. The van der Waals surface area contributed by atoms with Crippen molar-refractivity contribution in [1.29, 1.82) is 0 Å².